The van der Waals surface area contributed by atoms with Crippen LogP contribution in [0.3, 0.4) is 0 Å². The zero-order chi connectivity index (χ0) is 11.9. The van der Waals surface area contributed by atoms with E-state index in [0.29, 0.717) is 0 Å². The van der Waals surface area contributed by atoms with E-state index in [9.17, 15) is 4.79 Å². The van der Waals surface area contributed by atoms with Gasteiger partial charge in [-0.3, -0.25) is 9.48 Å². The van der Waals surface area contributed by atoms with Gasteiger partial charge >= 0.3 is 0 Å². The summed E-state index contributed by atoms with van der Waals surface area (Å²) in [6, 6.07) is -0.141. The number of carbonyl (C=O) groups excluding carboxylic acids is 1. The minimum atomic E-state index is -0.141. The lowest BCUT2D eigenvalue weighted by atomic mass is 10.1. The van der Waals surface area contributed by atoms with E-state index < -0.39 is 0 Å². The lowest BCUT2D eigenvalue weighted by Crippen LogP contribution is -2.44. The maximum atomic E-state index is 11.7. The van der Waals surface area contributed by atoms with Gasteiger partial charge in [-0.1, -0.05) is 13.3 Å². The first-order valence-corrected chi connectivity index (χ1v) is 5.65. The largest absolute Gasteiger partial charge is 0.346 e. The molecule has 88 valence electrons. The molecule has 1 amide bonds. The SMILES string of the molecule is CCCc1nn(C)c2c1NC(=O)C(C)N2C. The Balaban J connectivity index is 2.49. The fraction of sp³-hybridized carbons (Fsp3) is 0.636. The smallest absolute Gasteiger partial charge is 0.246 e. The number of amides is 1. The van der Waals surface area contributed by atoms with Gasteiger partial charge in [0.1, 0.15) is 11.7 Å². The summed E-state index contributed by atoms with van der Waals surface area (Å²) in [7, 11) is 3.85. The minimum absolute atomic E-state index is 0.0420. The molecule has 1 aliphatic rings. The molecule has 0 fully saturated rings. The van der Waals surface area contributed by atoms with Crippen LogP contribution in [0.15, 0.2) is 0 Å². The number of aromatic nitrogens is 2. The number of fused-ring (bicyclic) bond motifs is 1. The van der Waals surface area contributed by atoms with Crippen LogP contribution in [-0.2, 0) is 18.3 Å². The molecule has 16 heavy (non-hydrogen) atoms. The molecule has 1 aliphatic heterocycles. The van der Waals surface area contributed by atoms with E-state index in [-0.39, 0.29) is 11.9 Å². The summed E-state index contributed by atoms with van der Waals surface area (Å²) in [6.07, 6.45) is 1.92. The number of likely N-dealkylation sites (N-methyl/N-ethyl adjacent to an activating group) is 1. The molecule has 1 N–H and O–H groups in total. The molecular weight excluding hydrogens is 204 g/mol. The van der Waals surface area contributed by atoms with Crippen LogP contribution in [0, 0.1) is 0 Å². The minimum Gasteiger partial charge on any atom is -0.346 e. The second-order valence-electron chi connectivity index (χ2n) is 4.30. The standard InChI is InChI=1S/C11H18N4O/c1-5-6-8-9-11(15(4)13-8)14(3)7(2)10(16)12-9/h7H,5-6H2,1-4H3,(H,12,16). The van der Waals surface area contributed by atoms with Crippen molar-refractivity contribution < 1.29 is 4.79 Å². The Morgan fingerprint density at radius 1 is 1.44 bits per heavy atom. The highest BCUT2D eigenvalue weighted by Gasteiger charge is 2.31. The highest BCUT2D eigenvalue weighted by atomic mass is 16.2. The highest BCUT2D eigenvalue weighted by Crippen LogP contribution is 2.33. The molecule has 0 radical (unpaired) electrons. The molecule has 0 bridgehead atoms. The molecule has 0 spiro atoms. The van der Waals surface area contributed by atoms with E-state index in [2.05, 4.69) is 17.3 Å². The van der Waals surface area contributed by atoms with Gasteiger partial charge in [0.15, 0.2) is 5.82 Å². The van der Waals surface area contributed by atoms with Crippen molar-refractivity contribution in [2.24, 2.45) is 7.05 Å². The molecule has 0 aliphatic carbocycles. The number of nitrogens with one attached hydrogen (secondary N) is 1. The van der Waals surface area contributed by atoms with Gasteiger partial charge in [0.2, 0.25) is 5.91 Å². The van der Waals surface area contributed by atoms with Crippen LogP contribution in [0.25, 0.3) is 0 Å². The molecule has 0 aromatic carbocycles. The van der Waals surface area contributed by atoms with E-state index >= 15 is 0 Å². The van der Waals surface area contributed by atoms with Crippen LogP contribution in [0.2, 0.25) is 0 Å². The second kappa shape index (κ2) is 3.81. The third-order valence-corrected chi connectivity index (χ3v) is 3.12. The summed E-state index contributed by atoms with van der Waals surface area (Å²) in [5.74, 6) is 1.04. The van der Waals surface area contributed by atoms with Crippen molar-refractivity contribution >= 4 is 17.4 Å². The first-order valence-electron chi connectivity index (χ1n) is 5.65. The topological polar surface area (TPSA) is 50.2 Å². The number of anilines is 2. The summed E-state index contributed by atoms with van der Waals surface area (Å²) in [5.41, 5.74) is 1.86. The summed E-state index contributed by atoms with van der Waals surface area (Å²) < 4.78 is 1.84. The Morgan fingerprint density at radius 3 is 2.75 bits per heavy atom. The first kappa shape index (κ1) is 11.0. The molecule has 1 atom stereocenters. The van der Waals surface area contributed by atoms with E-state index in [0.717, 1.165) is 30.0 Å². The fourth-order valence-corrected chi connectivity index (χ4v) is 2.10. The Bertz CT molecular complexity index is 424. The Kier molecular flexibility index (Phi) is 2.61. The van der Waals surface area contributed by atoms with Crippen LogP contribution >= 0.6 is 0 Å². The summed E-state index contributed by atoms with van der Waals surface area (Å²) in [4.78, 5) is 13.7. The van der Waals surface area contributed by atoms with Crippen molar-refractivity contribution in [1.29, 1.82) is 0 Å². The van der Waals surface area contributed by atoms with E-state index in [4.69, 9.17) is 0 Å². The first-order chi connectivity index (χ1) is 7.56. The molecule has 5 nitrogen and oxygen atoms in total. The Morgan fingerprint density at radius 2 is 2.12 bits per heavy atom. The number of hydrogen-bond donors (Lipinski definition) is 1. The van der Waals surface area contributed by atoms with Crippen LogP contribution in [-0.4, -0.2) is 28.8 Å². The van der Waals surface area contributed by atoms with Crippen molar-refractivity contribution in [3.8, 4) is 0 Å². The van der Waals surface area contributed by atoms with E-state index in [1.165, 1.54) is 0 Å². The third-order valence-electron chi connectivity index (χ3n) is 3.12. The van der Waals surface area contributed by atoms with Crippen LogP contribution in [0.5, 0.6) is 0 Å². The lowest BCUT2D eigenvalue weighted by Gasteiger charge is -2.31. The van der Waals surface area contributed by atoms with Crippen molar-refractivity contribution in [2.45, 2.75) is 32.7 Å². The molecule has 2 rings (SSSR count). The van der Waals surface area contributed by atoms with Gasteiger partial charge in [0.05, 0.1) is 5.69 Å². The van der Waals surface area contributed by atoms with E-state index in [1.54, 1.807) is 0 Å². The van der Waals surface area contributed by atoms with Gasteiger partial charge in [-0.15, -0.1) is 0 Å². The molecule has 0 saturated carbocycles. The maximum absolute atomic E-state index is 11.7. The van der Waals surface area contributed by atoms with Gasteiger partial charge in [0.25, 0.3) is 0 Å². The fourth-order valence-electron chi connectivity index (χ4n) is 2.10. The average Bonchev–Trinajstić information content (AvgIpc) is 2.53. The second-order valence-corrected chi connectivity index (χ2v) is 4.30. The van der Waals surface area contributed by atoms with Crippen molar-refractivity contribution in [3.63, 3.8) is 0 Å². The maximum Gasteiger partial charge on any atom is 0.246 e. The van der Waals surface area contributed by atoms with Crippen molar-refractivity contribution in [2.75, 3.05) is 17.3 Å². The van der Waals surface area contributed by atoms with Crippen LogP contribution < -0.4 is 10.2 Å². The average molecular weight is 222 g/mol. The lowest BCUT2D eigenvalue weighted by molar-refractivity contribution is -0.117. The normalized spacial score (nSPS) is 19.6. The number of aryl methyl sites for hydroxylation is 2. The van der Waals surface area contributed by atoms with Gasteiger partial charge in [-0.05, 0) is 13.3 Å². The number of carbonyl (C=O) groups is 1. The highest BCUT2D eigenvalue weighted by molar-refractivity contribution is 6.03. The predicted molar refractivity (Wildman–Crippen MR) is 63.7 cm³/mol. The quantitative estimate of drug-likeness (QED) is 0.816. The third kappa shape index (κ3) is 1.47. The molecule has 5 heteroatoms. The zero-order valence-electron chi connectivity index (χ0n) is 10.2. The Labute approximate surface area is 95.4 Å². The number of hydrogen-bond acceptors (Lipinski definition) is 3. The van der Waals surface area contributed by atoms with Crippen LogP contribution in [0.1, 0.15) is 26.0 Å². The van der Waals surface area contributed by atoms with Crippen molar-refractivity contribution in [3.05, 3.63) is 5.69 Å². The van der Waals surface area contributed by atoms with Gasteiger partial charge in [0, 0.05) is 14.1 Å². The molecule has 1 aromatic rings. The number of nitrogens with zero attached hydrogens (tertiary/aromatic N) is 3. The Hall–Kier alpha value is -1.52. The van der Waals surface area contributed by atoms with Gasteiger partial charge in [-0.25, -0.2) is 0 Å². The predicted octanol–water partition coefficient (Wildman–Crippen LogP) is 1.15. The number of rotatable bonds is 2. The summed E-state index contributed by atoms with van der Waals surface area (Å²) in [6.45, 7) is 4.00. The van der Waals surface area contributed by atoms with E-state index in [1.807, 2.05) is 30.6 Å². The summed E-state index contributed by atoms with van der Waals surface area (Å²) >= 11 is 0. The molecule has 1 unspecified atom stereocenters. The van der Waals surface area contributed by atoms with Gasteiger partial charge < -0.3 is 10.2 Å². The summed E-state index contributed by atoms with van der Waals surface area (Å²) in [5, 5.41) is 7.41. The zero-order valence-corrected chi connectivity index (χ0v) is 10.2. The van der Waals surface area contributed by atoms with Gasteiger partial charge in [-0.2, -0.15) is 5.10 Å². The molecule has 1 aromatic heterocycles. The molecular formula is C11H18N4O. The van der Waals surface area contributed by atoms with Crippen LogP contribution in [0.4, 0.5) is 11.5 Å². The molecule has 2 heterocycles. The monoisotopic (exact) mass is 222 g/mol. The molecule has 0 saturated heterocycles. The van der Waals surface area contributed by atoms with Crippen molar-refractivity contribution in [1.82, 2.24) is 9.78 Å².